The molecule has 12 nitrogen and oxygen atoms in total. The molecule has 2 aliphatic carbocycles. The Morgan fingerprint density at radius 2 is 1.02 bits per heavy atom. The van der Waals surface area contributed by atoms with E-state index in [1.807, 2.05) is 65.8 Å². The van der Waals surface area contributed by atoms with Gasteiger partial charge in [-0.05, 0) is 95.6 Å². The van der Waals surface area contributed by atoms with Crippen LogP contribution in [0.2, 0.25) is 0 Å². The number of esters is 4. The van der Waals surface area contributed by atoms with Crippen molar-refractivity contribution in [3.8, 4) is 0 Å². The van der Waals surface area contributed by atoms with Crippen molar-refractivity contribution in [2.75, 3.05) is 27.4 Å². The van der Waals surface area contributed by atoms with Gasteiger partial charge in [0.15, 0.2) is 0 Å². The predicted octanol–water partition coefficient (Wildman–Crippen LogP) is 6.66. The maximum absolute atomic E-state index is 12.9. The molecule has 57 heavy (non-hydrogen) atoms. The first kappa shape index (κ1) is 41.6. The SMILES string of the molecule is CCOC(=O)C1CC1C1=C(C)c2cc3[n-]c(cc4[n-]c(cc5nc(cc1n2)C(C)=C5C1CC1C(=O)OCC)c(C)c4CCC(=O)OC)c(CCC(=O)OC)c3C.[Ni+2]. The first-order chi connectivity index (χ1) is 26.9. The molecule has 2 saturated carbocycles. The van der Waals surface area contributed by atoms with Crippen molar-refractivity contribution in [1.82, 2.24) is 19.9 Å². The van der Waals surface area contributed by atoms with Crippen LogP contribution in [-0.2, 0) is 67.5 Å². The molecule has 4 atom stereocenters. The molecule has 0 spiro atoms. The molecule has 2 fully saturated rings. The summed E-state index contributed by atoms with van der Waals surface area (Å²) in [7, 11) is 2.75. The summed E-state index contributed by atoms with van der Waals surface area (Å²) in [6.07, 6.45) is 2.44. The van der Waals surface area contributed by atoms with E-state index in [0.717, 1.165) is 61.6 Å². The number of hydrogen-bond acceptors (Lipinski definition) is 10. The van der Waals surface area contributed by atoms with Crippen molar-refractivity contribution in [2.45, 2.75) is 80.1 Å². The number of fused-ring (bicyclic) bond motifs is 8. The summed E-state index contributed by atoms with van der Waals surface area (Å²) in [5.41, 5.74) is 13.0. The van der Waals surface area contributed by atoms with Gasteiger partial charge in [0.1, 0.15) is 0 Å². The Balaban J connectivity index is 0.00000549. The van der Waals surface area contributed by atoms with E-state index < -0.39 is 0 Å². The molecule has 13 heteroatoms. The number of carbonyl (C=O) groups is 4. The first-order valence-electron chi connectivity index (χ1n) is 19.4. The molecular weight excluding hydrogens is 771 g/mol. The Hall–Kier alpha value is -5.03. The fourth-order valence-electron chi connectivity index (χ4n) is 8.28. The third-order valence-corrected chi connectivity index (χ3v) is 11.6. The van der Waals surface area contributed by atoms with Crippen LogP contribution in [-0.4, -0.2) is 61.3 Å². The van der Waals surface area contributed by atoms with Crippen molar-refractivity contribution < 1.29 is 54.6 Å². The van der Waals surface area contributed by atoms with E-state index in [9.17, 15) is 19.2 Å². The number of aryl methyl sites for hydroxylation is 4. The second-order valence-corrected chi connectivity index (χ2v) is 14.9. The molecule has 4 unspecified atom stereocenters. The van der Waals surface area contributed by atoms with Crippen molar-refractivity contribution in [1.29, 1.82) is 0 Å². The molecule has 0 radical (unpaired) electrons. The van der Waals surface area contributed by atoms with Gasteiger partial charge >= 0.3 is 40.4 Å². The summed E-state index contributed by atoms with van der Waals surface area (Å²) in [4.78, 5) is 71.2. The standard InChI is InChI=1S/C44H48N4O8.Ni/c1-9-55-43(51)29-15-27(29)41-23(5)33-17-31-21(3)25(11-13-39(49)53-7)35(45-31)20-36-26(12-14-40(50)54-8)22(4)32(46-36)18-37-42(28-16-30(28)44(52)56-10-2)24(6)34(48-37)19-38(41)47-33;/h17-20,27-30H,9-16H2,1-8H3;/q-2;+2. The average Bonchev–Trinajstić information content (AvgIpc) is 4.04. The molecule has 7 rings (SSSR count). The van der Waals surface area contributed by atoms with Crippen LogP contribution >= 0.6 is 0 Å². The molecule has 5 heterocycles. The smallest absolute Gasteiger partial charge is 0.657 e. The summed E-state index contributed by atoms with van der Waals surface area (Å²) >= 11 is 0. The average molecular weight is 820 g/mol. The minimum Gasteiger partial charge on any atom is -0.657 e. The summed E-state index contributed by atoms with van der Waals surface area (Å²) < 4.78 is 20.8. The van der Waals surface area contributed by atoms with E-state index in [2.05, 4.69) is 0 Å². The van der Waals surface area contributed by atoms with Gasteiger partial charge in [-0.15, -0.1) is 22.1 Å². The number of nitrogens with zero attached hydrogens (tertiary/aromatic N) is 4. The number of hydrogen-bond donors (Lipinski definition) is 0. The topological polar surface area (TPSA) is 159 Å². The zero-order valence-corrected chi connectivity index (χ0v) is 34.6. The van der Waals surface area contributed by atoms with E-state index in [1.54, 1.807) is 0 Å². The maximum Gasteiger partial charge on any atom is 2.00 e. The van der Waals surface area contributed by atoms with Crippen LogP contribution in [0.25, 0.3) is 44.4 Å². The van der Waals surface area contributed by atoms with E-state index in [4.69, 9.17) is 38.9 Å². The summed E-state index contributed by atoms with van der Waals surface area (Å²) in [6, 6.07) is 7.86. The molecule has 0 amide bonds. The monoisotopic (exact) mass is 818 g/mol. The molecule has 3 aromatic heterocycles. The largest absolute Gasteiger partial charge is 2.00 e. The minimum absolute atomic E-state index is 0. The number of ether oxygens (including phenoxy) is 4. The normalized spacial score (nSPS) is 19.5. The van der Waals surface area contributed by atoms with Crippen LogP contribution in [0, 0.1) is 37.5 Å². The molecule has 0 saturated heterocycles. The predicted molar refractivity (Wildman–Crippen MR) is 211 cm³/mol. The van der Waals surface area contributed by atoms with Crippen molar-refractivity contribution >= 4 is 68.2 Å². The first-order valence-corrected chi connectivity index (χ1v) is 19.4. The van der Waals surface area contributed by atoms with Gasteiger partial charge in [0.05, 0.1) is 62.0 Å². The van der Waals surface area contributed by atoms with Crippen molar-refractivity contribution in [3.63, 3.8) is 0 Å². The number of rotatable bonds is 12. The summed E-state index contributed by atoms with van der Waals surface area (Å²) in [6.45, 7) is 12.3. The van der Waals surface area contributed by atoms with E-state index in [0.29, 0.717) is 66.7 Å². The van der Waals surface area contributed by atoms with E-state index >= 15 is 0 Å². The molecule has 4 aliphatic rings. The summed E-state index contributed by atoms with van der Waals surface area (Å²) in [5, 5.41) is 0. The van der Waals surface area contributed by atoms with Gasteiger partial charge in [-0.2, -0.15) is 0 Å². The van der Waals surface area contributed by atoms with Gasteiger partial charge in [0.2, 0.25) is 0 Å². The Morgan fingerprint density at radius 1 is 0.614 bits per heavy atom. The van der Waals surface area contributed by atoms with Crippen LogP contribution in [0.15, 0.2) is 24.3 Å². The van der Waals surface area contributed by atoms with Crippen LogP contribution in [0.3, 0.4) is 0 Å². The number of methoxy groups -OCH3 is 2. The minimum atomic E-state index is -0.330. The Kier molecular flexibility index (Phi) is 12.3. The number of allylic oxidation sites excluding steroid dienone is 4. The zero-order valence-electron chi connectivity index (χ0n) is 33.6. The fraction of sp³-hybridized carbons (Fsp3) is 0.455. The Labute approximate surface area is 342 Å². The molecule has 2 aliphatic heterocycles. The number of carbonyl (C=O) groups excluding carboxylic acids is 4. The van der Waals surface area contributed by atoms with Crippen molar-refractivity contribution in [3.05, 3.63) is 69.3 Å². The maximum atomic E-state index is 12.9. The molecule has 3 aromatic rings. The van der Waals surface area contributed by atoms with Gasteiger partial charge in [-0.1, -0.05) is 40.5 Å². The molecule has 302 valence electrons. The number of aromatic nitrogens is 4. The van der Waals surface area contributed by atoms with Crippen LogP contribution in [0.5, 0.6) is 0 Å². The molecule has 0 aromatic carbocycles. The third kappa shape index (κ3) is 8.08. The quantitative estimate of drug-likeness (QED) is 0.109. The molecular formula is C44H48N4NiO8. The summed E-state index contributed by atoms with van der Waals surface area (Å²) in [5.74, 6) is -1.73. The van der Waals surface area contributed by atoms with Gasteiger partial charge in [-0.3, -0.25) is 19.2 Å². The fourth-order valence-corrected chi connectivity index (χ4v) is 8.28. The third-order valence-electron chi connectivity index (χ3n) is 11.6. The van der Waals surface area contributed by atoms with Gasteiger partial charge in [0, 0.05) is 24.7 Å². The zero-order chi connectivity index (χ0) is 40.0. The van der Waals surface area contributed by atoms with Crippen LogP contribution in [0.4, 0.5) is 0 Å². The van der Waals surface area contributed by atoms with E-state index in [-0.39, 0.29) is 76.9 Å². The second-order valence-electron chi connectivity index (χ2n) is 14.9. The van der Waals surface area contributed by atoms with Crippen molar-refractivity contribution in [2.24, 2.45) is 23.7 Å². The van der Waals surface area contributed by atoms with Gasteiger partial charge in [-0.25, -0.2) is 9.97 Å². The second kappa shape index (κ2) is 16.8. The Morgan fingerprint density at radius 3 is 1.44 bits per heavy atom. The van der Waals surface area contributed by atoms with Gasteiger partial charge < -0.3 is 28.9 Å². The van der Waals surface area contributed by atoms with Gasteiger partial charge in [0.25, 0.3) is 0 Å². The van der Waals surface area contributed by atoms with E-state index in [1.165, 1.54) is 14.2 Å². The molecule has 8 bridgehead atoms. The van der Waals surface area contributed by atoms with Crippen LogP contribution in [0.1, 0.15) is 98.4 Å². The Bertz CT molecular complexity index is 2390. The molecule has 0 N–H and O–H groups in total. The van der Waals surface area contributed by atoms with Crippen LogP contribution < -0.4 is 9.97 Å².